The van der Waals surface area contributed by atoms with E-state index >= 15 is 0 Å². The number of carbonyl (C=O) groups is 2. The van der Waals surface area contributed by atoms with Gasteiger partial charge in [-0.3, -0.25) is 0 Å². The molecule has 1 heterocycles. The molecular weight excluding hydrogens is 475 g/mol. The summed E-state index contributed by atoms with van der Waals surface area (Å²) in [5.74, 6) is 0.0127. The first kappa shape index (κ1) is 23.7. The minimum absolute atomic E-state index is 0.163. The quantitative estimate of drug-likeness (QED) is 0.399. The molecule has 174 valence electrons. The van der Waals surface area contributed by atoms with Gasteiger partial charge in [0, 0.05) is 15.6 Å². The molecule has 0 aliphatic carbocycles. The van der Waals surface area contributed by atoms with Crippen molar-refractivity contribution < 1.29 is 19.1 Å². The Labute approximate surface area is 207 Å². The third kappa shape index (κ3) is 5.19. The summed E-state index contributed by atoms with van der Waals surface area (Å²) in [5, 5.41) is 6.62. The fraction of sp³-hybridized carbons (Fsp3) is 0.154. The lowest BCUT2D eigenvalue weighted by atomic mass is 9.92. The molecule has 0 bridgehead atoms. The summed E-state index contributed by atoms with van der Waals surface area (Å²) in [7, 11) is 0. The Balaban J connectivity index is 1.70. The summed E-state index contributed by atoms with van der Waals surface area (Å²) in [6, 6.07) is 20.4. The third-order valence-electron chi connectivity index (χ3n) is 5.27. The minimum Gasteiger partial charge on any atom is -0.489 e. The molecule has 1 atom stereocenters. The van der Waals surface area contributed by atoms with Crippen LogP contribution in [0.4, 0.5) is 4.79 Å². The van der Waals surface area contributed by atoms with Gasteiger partial charge in [0.2, 0.25) is 0 Å². The Bertz CT molecular complexity index is 1220. The first-order valence-electron chi connectivity index (χ1n) is 10.7. The first-order chi connectivity index (χ1) is 16.5. The maximum Gasteiger partial charge on any atom is 0.338 e. The SMILES string of the molecule is CCOC(=O)C1=C(c2ccccc2)NC(=O)NC1c1cccc(OCc2c(Cl)cccc2Cl)c1. The summed E-state index contributed by atoms with van der Waals surface area (Å²) >= 11 is 12.5. The molecule has 3 aromatic carbocycles. The van der Waals surface area contributed by atoms with Gasteiger partial charge in [0.15, 0.2) is 0 Å². The van der Waals surface area contributed by atoms with Crippen molar-refractivity contribution in [3.8, 4) is 5.75 Å². The number of carbonyl (C=O) groups excluding carboxylic acids is 2. The van der Waals surface area contributed by atoms with Gasteiger partial charge in [-0.05, 0) is 42.3 Å². The van der Waals surface area contributed by atoms with Crippen LogP contribution in [0.25, 0.3) is 5.70 Å². The van der Waals surface area contributed by atoms with Crippen LogP contribution in [0.15, 0.2) is 78.4 Å². The highest BCUT2D eigenvalue weighted by atomic mass is 35.5. The van der Waals surface area contributed by atoms with Gasteiger partial charge in [-0.25, -0.2) is 9.59 Å². The Morgan fingerprint density at radius 3 is 2.38 bits per heavy atom. The Hall–Kier alpha value is -3.48. The maximum atomic E-state index is 13.0. The minimum atomic E-state index is -0.740. The van der Waals surface area contributed by atoms with Gasteiger partial charge in [0.25, 0.3) is 0 Å². The number of hydrogen-bond donors (Lipinski definition) is 2. The van der Waals surface area contributed by atoms with Gasteiger partial charge >= 0.3 is 12.0 Å². The lowest BCUT2D eigenvalue weighted by Crippen LogP contribution is -2.45. The number of amides is 2. The number of benzene rings is 3. The summed E-state index contributed by atoms with van der Waals surface area (Å²) in [5.41, 5.74) is 2.74. The smallest absolute Gasteiger partial charge is 0.338 e. The fourth-order valence-electron chi connectivity index (χ4n) is 3.69. The number of esters is 1. The lowest BCUT2D eigenvalue weighted by Gasteiger charge is -2.29. The molecule has 0 fully saturated rings. The number of halogens is 2. The van der Waals surface area contributed by atoms with E-state index in [0.29, 0.717) is 43.8 Å². The van der Waals surface area contributed by atoms with Gasteiger partial charge in [-0.1, -0.05) is 71.7 Å². The van der Waals surface area contributed by atoms with E-state index in [1.807, 2.05) is 36.4 Å². The zero-order valence-corrected chi connectivity index (χ0v) is 19.8. The molecule has 1 aliphatic heterocycles. The summed E-state index contributed by atoms with van der Waals surface area (Å²) in [6.07, 6.45) is 0. The van der Waals surface area contributed by atoms with Crippen molar-refractivity contribution in [2.45, 2.75) is 19.6 Å². The second kappa shape index (κ2) is 10.6. The maximum absolute atomic E-state index is 13.0. The molecule has 2 amide bonds. The van der Waals surface area contributed by atoms with E-state index in [9.17, 15) is 9.59 Å². The molecule has 1 unspecified atom stereocenters. The number of nitrogens with one attached hydrogen (secondary N) is 2. The zero-order valence-electron chi connectivity index (χ0n) is 18.3. The highest BCUT2D eigenvalue weighted by molar-refractivity contribution is 6.35. The van der Waals surface area contributed by atoms with Crippen LogP contribution in [-0.4, -0.2) is 18.6 Å². The summed E-state index contributed by atoms with van der Waals surface area (Å²) < 4.78 is 11.3. The number of rotatable bonds is 7. The van der Waals surface area contributed by atoms with Crippen molar-refractivity contribution in [2.75, 3.05) is 6.61 Å². The van der Waals surface area contributed by atoms with Gasteiger partial charge in [-0.15, -0.1) is 0 Å². The molecule has 3 aromatic rings. The molecular formula is C26H22Cl2N2O4. The average molecular weight is 497 g/mol. The van der Waals surface area contributed by atoms with Crippen molar-refractivity contribution >= 4 is 40.9 Å². The standard InChI is InChI=1S/C26H22Cl2N2O4/c1-2-33-25(31)22-23(16-8-4-3-5-9-16)29-26(32)30-24(22)17-10-6-11-18(14-17)34-15-19-20(27)12-7-13-21(19)28/h3-14,24H,2,15H2,1H3,(H2,29,30,32). The van der Waals surface area contributed by atoms with Crippen LogP contribution >= 0.6 is 23.2 Å². The normalized spacial score (nSPS) is 15.4. The van der Waals surface area contributed by atoms with Crippen LogP contribution in [0, 0.1) is 0 Å². The first-order valence-corrected chi connectivity index (χ1v) is 11.4. The second-order valence-corrected chi connectivity index (χ2v) is 8.28. The molecule has 2 N–H and O–H groups in total. The largest absolute Gasteiger partial charge is 0.489 e. The van der Waals surface area contributed by atoms with E-state index in [2.05, 4.69) is 10.6 Å². The number of hydrogen-bond acceptors (Lipinski definition) is 4. The molecule has 4 rings (SSSR count). The zero-order chi connectivity index (χ0) is 24.1. The highest BCUT2D eigenvalue weighted by Crippen LogP contribution is 2.34. The van der Waals surface area contributed by atoms with E-state index in [1.165, 1.54) is 0 Å². The van der Waals surface area contributed by atoms with Gasteiger partial charge in [0.1, 0.15) is 12.4 Å². The molecule has 0 saturated carbocycles. The summed E-state index contributed by atoms with van der Waals surface area (Å²) in [4.78, 5) is 25.6. The van der Waals surface area contributed by atoms with E-state index in [0.717, 1.165) is 0 Å². The van der Waals surface area contributed by atoms with Crippen molar-refractivity contribution in [1.29, 1.82) is 0 Å². The van der Waals surface area contributed by atoms with Crippen LogP contribution in [0.5, 0.6) is 5.75 Å². The molecule has 6 nitrogen and oxygen atoms in total. The van der Waals surface area contributed by atoms with Gasteiger partial charge < -0.3 is 20.1 Å². The van der Waals surface area contributed by atoms with Crippen LogP contribution in [-0.2, 0) is 16.1 Å². The molecule has 0 spiro atoms. The highest BCUT2D eigenvalue weighted by Gasteiger charge is 2.34. The predicted octanol–water partition coefficient (Wildman–Crippen LogP) is 5.90. The monoisotopic (exact) mass is 496 g/mol. The number of urea groups is 1. The van der Waals surface area contributed by atoms with Crippen molar-refractivity contribution in [3.63, 3.8) is 0 Å². The lowest BCUT2D eigenvalue weighted by molar-refractivity contribution is -0.138. The summed E-state index contributed by atoms with van der Waals surface area (Å²) in [6.45, 7) is 2.10. The topological polar surface area (TPSA) is 76.7 Å². The molecule has 0 radical (unpaired) electrons. The van der Waals surface area contributed by atoms with Crippen LogP contribution in [0.1, 0.15) is 29.7 Å². The van der Waals surface area contributed by atoms with Crippen LogP contribution in [0.3, 0.4) is 0 Å². The van der Waals surface area contributed by atoms with E-state index in [-0.39, 0.29) is 13.2 Å². The van der Waals surface area contributed by atoms with Crippen molar-refractivity contribution in [1.82, 2.24) is 10.6 Å². The van der Waals surface area contributed by atoms with Gasteiger partial charge in [-0.2, -0.15) is 0 Å². The third-order valence-corrected chi connectivity index (χ3v) is 5.97. The van der Waals surface area contributed by atoms with E-state index in [4.69, 9.17) is 32.7 Å². The Kier molecular flexibility index (Phi) is 7.40. The molecule has 8 heteroatoms. The molecule has 0 saturated heterocycles. The Morgan fingerprint density at radius 1 is 0.971 bits per heavy atom. The molecule has 34 heavy (non-hydrogen) atoms. The van der Waals surface area contributed by atoms with Crippen molar-refractivity contribution in [3.05, 3.63) is 105 Å². The van der Waals surface area contributed by atoms with Crippen LogP contribution in [0.2, 0.25) is 10.0 Å². The molecule has 1 aliphatic rings. The Morgan fingerprint density at radius 2 is 1.68 bits per heavy atom. The number of ether oxygens (including phenoxy) is 2. The second-order valence-electron chi connectivity index (χ2n) is 7.47. The fourth-order valence-corrected chi connectivity index (χ4v) is 4.19. The van der Waals surface area contributed by atoms with E-state index < -0.39 is 18.0 Å². The van der Waals surface area contributed by atoms with Crippen LogP contribution < -0.4 is 15.4 Å². The van der Waals surface area contributed by atoms with E-state index in [1.54, 1.807) is 43.3 Å². The molecule has 0 aromatic heterocycles. The average Bonchev–Trinajstić information content (AvgIpc) is 2.84. The van der Waals surface area contributed by atoms with Crippen molar-refractivity contribution in [2.24, 2.45) is 0 Å². The predicted molar refractivity (Wildman–Crippen MR) is 132 cm³/mol. The van der Waals surface area contributed by atoms with Gasteiger partial charge in [0.05, 0.1) is 23.9 Å².